The van der Waals surface area contributed by atoms with E-state index in [2.05, 4.69) is 4.98 Å². The van der Waals surface area contributed by atoms with Crippen LogP contribution in [-0.2, 0) is 0 Å². The molecule has 0 saturated carbocycles. The minimum atomic E-state index is -0.428. The first-order chi connectivity index (χ1) is 7.75. The average Bonchev–Trinajstić information content (AvgIpc) is 2.79. The lowest BCUT2D eigenvalue weighted by Crippen LogP contribution is -1.87. The lowest BCUT2D eigenvalue weighted by atomic mass is 10.2. The summed E-state index contributed by atoms with van der Waals surface area (Å²) in [7, 11) is 0. The molecule has 0 aliphatic heterocycles. The number of hydrogen-bond acceptors (Lipinski definition) is 4. The molecule has 0 N–H and O–H groups in total. The van der Waals surface area contributed by atoms with Crippen LogP contribution in [0, 0.1) is 10.1 Å². The third-order valence-corrected chi connectivity index (χ3v) is 1.95. The van der Waals surface area contributed by atoms with E-state index in [0.717, 1.165) is 5.56 Å². The van der Waals surface area contributed by atoms with E-state index in [4.69, 9.17) is 4.42 Å². The molecule has 16 heavy (non-hydrogen) atoms. The van der Waals surface area contributed by atoms with Gasteiger partial charge in [-0.3, -0.25) is 10.1 Å². The third kappa shape index (κ3) is 2.33. The highest BCUT2D eigenvalue weighted by Gasteiger charge is 2.03. The molecule has 2 rings (SSSR count). The first kappa shape index (κ1) is 10.1. The summed E-state index contributed by atoms with van der Waals surface area (Å²) < 4.78 is 5.00. The smallest absolute Gasteiger partial charge is 0.270 e. The van der Waals surface area contributed by atoms with Gasteiger partial charge in [0.05, 0.1) is 11.1 Å². The number of hydrogen-bond donors (Lipinski definition) is 0. The SMILES string of the molecule is O=[N+]([O-])c1cccc(C=Cc2ncco2)c1. The zero-order valence-corrected chi connectivity index (χ0v) is 8.24. The minimum absolute atomic E-state index is 0.0644. The van der Waals surface area contributed by atoms with Crippen LogP contribution in [0.5, 0.6) is 0 Å². The van der Waals surface area contributed by atoms with Gasteiger partial charge in [0, 0.05) is 18.2 Å². The molecule has 0 radical (unpaired) electrons. The van der Waals surface area contributed by atoms with E-state index < -0.39 is 4.92 Å². The number of non-ortho nitro benzene ring substituents is 1. The van der Waals surface area contributed by atoms with Gasteiger partial charge in [-0.25, -0.2) is 4.98 Å². The van der Waals surface area contributed by atoms with Crippen molar-refractivity contribution in [1.82, 2.24) is 4.98 Å². The molecule has 1 aromatic carbocycles. The Hall–Kier alpha value is -2.43. The lowest BCUT2D eigenvalue weighted by molar-refractivity contribution is -0.384. The van der Waals surface area contributed by atoms with Crippen LogP contribution in [-0.4, -0.2) is 9.91 Å². The van der Waals surface area contributed by atoms with Gasteiger partial charge >= 0.3 is 0 Å². The molecule has 80 valence electrons. The predicted octanol–water partition coefficient (Wildman–Crippen LogP) is 2.75. The summed E-state index contributed by atoms with van der Waals surface area (Å²) >= 11 is 0. The Balaban J connectivity index is 2.22. The molecule has 1 aromatic heterocycles. The van der Waals surface area contributed by atoms with Crippen LogP contribution in [0.15, 0.2) is 41.1 Å². The van der Waals surface area contributed by atoms with Gasteiger partial charge in [-0.1, -0.05) is 12.1 Å². The molecule has 1 heterocycles. The first-order valence-corrected chi connectivity index (χ1v) is 4.58. The minimum Gasteiger partial charge on any atom is -0.445 e. The fourth-order valence-electron chi connectivity index (χ4n) is 1.23. The molecule has 0 aliphatic rings. The third-order valence-electron chi connectivity index (χ3n) is 1.95. The summed E-state index contributed by atoms with van der Waals surface area (Å²) in [6, 6.07) is 6.34. The Labute approximate surface area is 91.2 Å². The average molecular weight is 216 g/mol. The molecule has 0 spiro atoms. The van der Waals surface area contributed by atoms with E-state index in [9.17, 15) is 10.1 Å². The fraction of sp³-hybridized carbons (Fsp3) is 0. The van der Waals surface area contributed by atoms with Gasteiger partial charge in [0.25, 0.3) is 5.69 Å². The maximum Gasteiger partial charge on any atom is 0.270 e. The van der Waals surface area contributed by atoms with Crippen molar-refractivity contribution in [1.29, 1.82) is 0 Å². The van der Waals surface area contributed by atoms with Crippen LogP contribution in [0.4, 0.5) is 5.69 Å². The summed E-state index contributed by atoms with van der Waals surface area (Å²) in [6.45, 7) is 0. The van der Waals surface area contributed by atoms with Gasteiger partial charge in [0.2, 0.25) is 5.89 Å². The summed E-state index contributed by atoms with van der Waals surface area (Å²) in [5.74, 6) is 0.464. The van der Waals surface area contributed by atoms with Crippen LogP contribution in [0.2, 0.25) is 0 Å². The highest BCUT2D eigenvalue weighted by atomic mass is 16.6. The highest BCUT2D eigenvalue weighted by Crippen LogP contribution is 2.15. The normalized spacial score (nSPS) is 10.8. The van der Waals surface area contributed by atoms with Crippen molar-refractivity contribution in [2.24, 2.45) is 0 Å². The fourth-order valence-corrected chi connectivity index (χ4v) is 1.23. The van der Waals surface area contributed by atoms with Crippen LogP contribution in [0.25, 0.3) is 12.2 Å². The Morgan fingerprint density at radius 3 is 2.94 bits per heavy atom. The Bertz CT molecular complexity index is 518. The molecule has 0 amide bonds. The zero-order chi connectivity index (χ0) is 11.4. The number of nitro groups is 1. The molecule has 0 fully saturated rings. The number of rotatable bonds is 3. The number of nitrogens with zero attached hydrogens (tertiary/aromatic N) is 2. The quantitative estimate of drug-likeness (QED) is 0.584. The monoisotopic (exact) mass is 216 g/mol. The molecule has 0 bridgehead atoms. The highest BCUT2D eigenvalue weighted by molar-refractivity contribution is 5.67. The van der Waals surface area contributed by atoms with Crippen molar-refractivity contribution in [3.05, 3.63) is 58.3 Å². The van der Waals surface area contributed by atoms with Crippen LogP contribution in [0.1, 0.15) is 11.5 Å². The summed E-state index contributed by atoms with van der Waals surface area (Å²) in [5.41, 5.74) is 0.793. The van der Waals surface area contributed by atoms with Gasteiger partial charge < -0.3 is 4.42 Å². The molecule has 0 atom stereocenters. The number of oxazole rings is 1. The van der Waals surface area contributed by atoms with Crippen molar-refractivity contribution in [2.75, 3.05) is 0 Å². The summed E-state index contributed by atoms with van der Waals surface area (Å²) in [6.07, 6.45) is 6.36. The van der Waals surface area contributed by atoms with Crippen LogP contribution >= 0.6 is 0 Å². The number of benzene rings is 1. The second kappa shape index (κ2) is 4.39. The molecule has 5 nitrogen and oxygen atoms in total. The Morgan fingerprint density at radius 2 is 2.25 bits per heavy atom. The van der Waals surface area contributed by atoms with Crippen molar-refractivity contribution in [3.8, 4) is 0 Å². The van der Waals surface area contributed by atoms with Gasteiger partial charge in [-0.15, -0.1) is 0 Å². The first-order valence-electron chi connectivity index (χ1n) is 4.58. The van der Waals surface area contributed by atoms with E-state index >= 15 is 0 Å². The van der Waals surface area contributed by atoms with E-state index in [1.165, 1.54) is 24.6 Å². The number of aromatic nitrogens is 1. The molecule has 2 aromatic rings. The molecular formula is C11H8N2O3. The molecule has 0 aliphatic carbocycles. The van der Waals surface area contributed by atoms with Gasteiger partial charge in [0.1, 0.15) is 6.26 Å². The standard InChI is InChI=1S/C11H8N2O3/c14-13(15)10-3-1-2-9(8-10)4-5-11-12-6-7-16-11/h1-8H. The molecule has 5 heteroatoms. The van der Waals surface area contributed by atoms with Crippen molar-refractivity contribution in [3.63, 3.8) is 0 Å². The topological polar surface area (TPSA) is 69.2 Å². The van der Waals surface area contributed by atoms with Crippen molar-refractivity contribution < 1.29 is 9.34 Å². The van der Waals surface area contributed by atoms with Crippen molar-refractivity contribution >= 4 is 17.8 Å². The Kier molecular flexibility index (Phi) is 2.77. The molecule has 0 saturated heterocycles. The van der Waals surface area contributed by atoms with E-state index in [1.54, 1.807) is 24.3 Å². The summed E-state index contributed by atoms with van der Waals surface area (Å²) in [4.78, 5) is 14.0. The second-order valence-corrected chi connectivity index (χ2v) is 3.06. The van der Waals surface area contributed by atoms with Gasteiger partial charge in [-0.05, 0) is 11.6 Å². The maximum absolute atomic E-state index is 10.5. The zero-order valence-electron chi connectivity index (χ0n) is 8.24. The predicted molar refractivity (Wildman–Crippen MR) is 58.5 cm³/mol. The van der Waals surface area contributed by atoms with Crippen molar-refractivity contribution in [2.45, 2.75) is 0 Å². The Morgan fingerprint density at radius 1 is 1.38 bits per heavy atom. The van der Waals surface area contributed by atoms with E-state index in [0.29, 0.717) is 5.89 Å². The van der Waals surface area contributed by atoms with Gasteiger partial charge in [-0.2, -0.15) is 0 Å². The molecule has 0 unspecified atom stereocenters. The lowest BCUT2D eigenvalue weighted by Gasteiger charge is -1.93. The second-order valence-electron chi connectivity index (χ2n) is 3.06. The van der Waals surface area contributed by atoms with E-state index in [1.807, 2.05) is 0 Å². The largest absolute Gasteiger partial charge is 0.445 e. The van der Waals surface area contributed by atoms with E-state index in [-0.39, 0.29) is 5.69 Å². The number of nitro benzene ring substituents is 1. The molecular weight excluding hydrogens is 208 g/mol. The summed E-state index contributed by atoms with van der Waals surface area (Å²) in [5, 5.41) is 10.5. The maximum atomic E-state index is 10.5. The van der Waals surface area contributed by atoms with Crippen LogP contribution < -0.4 is 0 Å². The van der Waals surface area contributed by atoms with Gasteiger partial charge in [0.15, 0.2) is 0 Å². The van der Waals surface area contributed by atoms with Crippen LogP contribution in [0.3, 0.4) is 0 Å².